The van der Waals surface area contributed by atoms with Crippen LogP contribution in [0.2, 0.25) is 0 Å². The van der Waals surface area contributed by atoms with Gasteiger partial charge in [-0.1, -0.05) is 12.1 Å². The summed E-state index contributed by atoms with van der Waals surface area (Å²) in [6, 6.07) is 10.7. The zero-order valence-electron chi connectivity index (χ0n) is 12.5. The first-order chi connectivity index (χ1) is 10.6. The lowest BCUT2D eigenvalue weighted by Crippen LogP contribution is -1.96. The third kappa shape index (κ3) is 2.55. The Morgan fingerprint density at radius 2 is 1.82 bits per heavy atom. The van der Waals surface area contributed by atoms with Gasteiger partial charge in [0, 0.05) is 29.3 Å². The quantitative estimate of drug-likeness (QED) is 0.775. The Morgan fingerprint density at radius 1 is 1.09 bits per heavy atom. The van der Waals surface area contributed by atoms with E-state index in [2.05, 4.69) is 4.98 Å². The molecule has 0 bridgehead atoms. The monoisotopic (exact) mass is 295 g/mol. The summed E-state index contributed by atoms with van der Waals surface area (Å²) in [7, 11) is 1.59. The van der Waals surface area contributed by atoms with Crippen LogP contribution in [0.15, 0.2) is 42.6 Å². The lowest BCUT2D eigenvalue weighted by Gasteiger charge is -2.14. The number of fused-ring (bicyclic) bond motifs is 1. The molecule has 0 radical (unpaired) electrons. The van der Waals surface area contributed by atoms with Gasteiger partial charge in [0.05, 0.1) is 7.11 Å². The number of phenols is 2. The Bertz CT molecular complexity index is 826. The van der Waals surface area contributed by atoms with E-state index in [-0.39, 0.29) is 11.5 Å². The Balaban J connectivity index is 2.13. The van der Waals surface area contributed by atoms with Crippen molar-refractivity contribution in [3.8, 4) is 17.2 Å². The molecular formula is C18H17NO3. The molecule has 1 aromatic heterocycles. The molecule has 0 aliphatic heterocycles. The van der Waals surface area contributed by atoms with Crippen molar-refractivity contribution in [1.29, 1.82) is 0 Å². The molecule has 112 valence electrons. The number of pyridine rings is 1. The van der Waals surface area contributed by atoms with Crippen LogP contribution >= 0.6 is 0 Å². The van der Waals surface area contributed by atoms with Crippen molar-refractivity contribution in [2.24, 2.45) is 0 Å². The molecule has 0 aliphatic rings. The third-order valence-corrected chi connectivity index (χ3v) is 3.73. The first kappa shape index (κ1) is 14.2. The molecule has 4 nitrogen and oxygen atoms in total. The predicted molar refractivity (Wildman–Crippen MR) is 85.6 cm³/mol. The van der Waals surface area contributed by atoms with E-state index in [1.54, 1.807) is 25.4 Å². The van der Waals surface area contributed by atoms with Crippen molar-refractivity contribution < 1.29 is 14.9 Å². The van der Waals surface area contributed by atoms with Crippen LogP contribution < -0.4 is 4.74 Å². The number of methoxy groups -OCH3 is 1. The Labute approximate surface area is 128 Å². The van der Waals surface area contributed by atoms with Crippen LogP contribution in [0.3, 0.4) is 0 Å². The van der Waals surface area contributed by atoms with E-state index in [1.165, 1.54) is 0 Å². The molecule has 4 heteroatoms. The molecule has 2 N–H and O–H groups in total. The molecule has 1 heterocycles. The summed E-state index contributed by atoms with van der Waals surface area (Å²) in [6.45, 7) is 1.91. The highest BCUT2D eigenvalue weighted by atomic mass is 16.5. The van der Waals surface area contributed by atoms with Gasteiger partial charge in [-0.3, -0.25) is 4.98 Å². The number of nitrogens with zero attached hydrogens (tertiary/aromatic N) is 1. The topological polar surface area (TPSA) is 62.6 Å². The van der Waals surface area contributed by atoms with E-state index in [9.17, 15) is 10.2 Å². The number of benzene rings is 2. The number of hydrogen-bond donors (Lipinski definition) is 2. The largest absolute Gasteiger partial charge is 0.508 e. The second-order valence-electron chi connectivity index (χ2n) is 5.30. The molecule has 0 spiro atoms. The van der Waals surface area contributed by atoms with E-state index in [1.807, 2.05) is 31.2 Å². The molecule has 0 unspecified atom stereocenters. The fraction of sp³-hybridized carbons (Fsp3) is 0.167. The maximum Gasteiger partial charge on any atom is 0.132 e. The highest BCUT2D eigenvalue weighted by molar-refractivity contribution is 5.91. The number of hydrogen-bond acceptors (Lipinski definition) is 4. The smallest absolute Gasteiger partial charge is 0.132 e. The van der Waals surface area contributed by atoms with Gasteiger partial charge in [0.15, 0.2) is 0 Å². The minimum absolute atomic E-state index is 0.190. The summed E-state index contributed by atoms with van der Waals surface area (Å²) in [5, 5.41) is 21.6. The molecular weight excluding hydrogens is 278 g/mol. The van der Waals surface area contributed by atoms with E-state index in [0.29, 0.717) is 23.1 Å². The van der Waals surface area contributed by atoms with E-state index < -0.39 is 0 Å². The second kappa shape index (κ2) is 5.56. The van der Waals surface area contributed by atoms with Crippen molar-refractivity contribution in [2.45, 2.75) is 13.3 Å². The summed E-state index contributed by atoms with van der Waals surface area (Å²) in [5.74, 6) is 1.05. The average molecular weight is 295 g/mol. The van der Waals surface area contributed by atoms with E-state index in [4.69, 9.17) is 4.74 Å². The van der Waals surface area contributed by atoms with Crippen molar-refractivity contribution in [1.82, 2.24) is 4.98 Å². The fourth-order valence-electron chi connectivity index (χ4n) is 2.58. The van der Waals surface area contributed by atoms with Crippen LogP contribution in [0.25, 0.3) is 10.8 Å². The lowest BCUT2D eigenvalue weighted by molar-refractivity contribution is 0.403. The Morgan fingerprint density at radius 3 is 2.50 bits per heavy atom. The van der Waals surface area contributed by atoms with Crippen LogP contribution in [0.5, 0.6) is 17.2 Å². The minimum atomic E-state index is 0.190. The van der Waals surface area contributed by atoms with E-state index in [0.717, 1.165) is 16.6 Å². The minimum Gasteiger partial charge on any atom is -0.508 e. The lowest BCUT2D eigenvalue weighted by atomic mass is 9.99. The molecule has 3 aromatic rings. The molecule has 2 aromatic carbocycles. The van der Waals surface area contributed by atoms with Gasteiger partial charge >= 0.3 is 0 Å². The molecule has 0 saturated carbocycles. The van der Waals surface area contributed by atoms with Crippen molar-refractivity contribution in [2.75, 3.05) is 7.11 Å². The summed E-state index contributed by atoms with van der Waals surface area (Å²) >= 11 is 0. The standard InChI is InChI=1S/C18H17NO3/c1-11-7-13-9-17(22-2)15(18(21)16(13)10-19-11)8-12-3-5-14(20)6-4-12/h3-7,9-10,20-21H,8H2,1-2H3. The second-order valence-corrected chi connectivity index (χ2v) is 5.30. The summed E-state index contributed by atoms with van der Waals surface area (Å²) in [5.41, 5.74) is 2.58. The molecule has 0 atom stereocenters. The molecule has 22 heavy (non-hydrogen) atoms. The summed E-state index contributed by atoms with van der Waals surface area (Å²) < 4.78 is 5.44. The van der Waals surface area contributed by atoms with Gasteiger partial charge in [0.1, 0.15) is 17.2 Å². The molecule has 3 rings (SSSR count). The van der Waals surface area contributed by atoms with Crippen LogP contribution in [0.4, 0.5) is 0 Å². The number of aryl methyl sites for hydroxylation is 1. The third-order valence-electron chi connectivity index (χ3n) is 3.73. The van der Waals surface area contributed by atoms with Gasteiger partial charge in [0.2, 0.25) is 0 Å². The Kier molecular flexibility index (Phi) is 3.59. The number of aromatic hydroxyl groups is 2. The van der Waals surface area contributed by atoms with Gasteiger partial charge in [-0.15, -0.1) is 0 Å². The maximum absolute atomic E-state index is 10.6. The predicted octanol–water partition coefficient (Wildman–Crippen LogP) is 3.55. The zero-order chi connectivity index (χ0) is 15.7. The van der Waals surface area contributed by atoms with Gasteiger partial charge in [-0.25, -0.2) is 0 Å². The molecule has 0 saturated heterocycles. The highest BCUT2D eigenvalue weighted by Crippen LogP contribution is 2.37. The van der Waals surface area contributed by atoms with Crippen LogP contribution in [0.1, 0.15) is 16.8 Å². The summed E-state index contributed by atoms with van der Waals surface area (Å²) in [6.07, 6.45) is 2.19. The van der Waals surface area contributed by atoms with Gasteiger partial charge < -0.3 is 14.9 Å². The molecule has 0 amide bonds. The van der Waals surface area contributed by atoms with E-state index >= 15 is 0 Å². The SMILES string of the molecule is COc1cc2cc(C)ncc2c(O)c1Cc1ccc(O)cc1. The highest BCUT2D eigenvalue weighted by Gasteiger charge is 2.14. The maximum atomic E-state index is 10.6. The van der Waals surface area contributed by atoms with Crippen molar-refractivity contribution in [3.05, 3.63) is 59.4 Å². The first-order valence-corrected chi connectivity index (χ1v) is 7.01. The van der Waals surface area contributed by atoms with Crippen molar-refractivity contribution >= 4 is 10.8 Å². The Hall–Kier alpha value is -2.75. The summed E-state index contributed by atoms with van der Waals surface area (Å²) in [4.78, 5) is 4.25. The zero-order valence-corrected chi connectivity index (χ0v) is 12.5. The molecule has 0 aliphatic carbocycles. The number of rotatable bonds is 3. The molecule has 0 fully saturated rings. The van der Waals surface area contributed by atoms with Gasteiger partial charge in [0.25, 0.3) is 0 Å². The van der Waals surface area contributed by atoms with Crippen LogP contribution in [0, 0.1) is 6.92 Å². The van der Waals surface area contributed by atoms with Gasteiger partial charge in [-0.05, 0) is 42.1 Å². The number of phenolic OH excluding ortho intramolecular Hbond substituents is 2. The fourth-order valence-corrected chi connectivity index (χ4v) is 2.58. The van der Waals surface area contributed by atoms with Crippen LogP contribution in [-0.2, 0) is 6.42 Å². The first-order valence-electron chi connectivity index (χ1n) is 7.01. The van der Waals surface area contributed by atoms with Crippen molar-refractivity contribution in [3.63, 3.8) is 0 Å². The number of aromatic nitrogens is 1. The number of ether oxygens (including phenoxy) is 1. The average Bonchev–Trinajstić information content (AvgIpc) is 2.51. The van der Waals surface area contributed by atoms with Gasteiger partial charge in [-0.2, -0.15) is 0 Å². The van der Waals surface area contributed by atoms with Crippen LogP contribution in [-0.4, -0.2) is 22.3 Å². The normalized spacial score (nSPS) is 10.8.